The van der Waals surface area contributed by atoms with Crippen LogP contribution in [0.2, 0.25) is 0 Å². The first kappa shape index (κ1) is 8.59. The Bertz CT molecular complexity index is 465. The molecule has 2 aliphatic heterocycles. The minimum absolute atomic E-state index is 0.0150. The van der Waals surface area contributed by atoms with Gasteiger partial charge in [0.2, 0.25) is 12.7 Å². The van der Waals surface area contributed by atoms with Crippen LogP contribution in [0, 0.1) is 0 Å². The number of hydrogen-bond donors (Lipinski definition) is 1. The smallest absolute Gasteiger partial charge is 0.234 e. The monoisotopic (exact) mass is 205 g/mol. The summed E-state index contributed by atoms with van der Waals surface area (Å²) in [6.45, 7) is 4.05. The summed E-state index contributed by atoms with van der Waals surface area (Å²) in [5.41, 5.74) is 1.31. The Morgan fingerprint density at radius 3 is 2.67 bits per heavy atom. The van der Waals surface area contributed by atoms with Gasteiger partial charge in [-0.3, -0.25) is 4.79 Å². The second-order valence-corrected chi connectivity index (χ2v) is 4.33. The highest BCUT2D eigenvalue weighted by Crippen LogP contribution is 2.45. The van der Waals surface area contributed by atoms with E-state index in [4.69, 9.17) is 9.47 Å². The standard InChI is InChI=1S/C11H11NO3/c1-11(2)6-3-8-9(15-5-14-8)4-7(6)12-10(11)13/h3-4H,5H2,1-2H3,(H,12,13). The lowest BCUT2D eigenvalue weighted by Gasteiger charge is -2.14. The molecule has 4 nitrogen and oxygen atoms in total. The number of fused-ring (bicyclic) bond motifs is 2. The number of anilines is 1. The van der Waals surface area contributed by atoms with Crippen molar-refractivity contribution in [3.63, 3.8) is 0 Å². The maximum Gasteiger partial charge on any atom is 0.234 e. The molecule has 1 amide bonds. The van der Waals surface area contributed by atoms with Crippen LogP contribution < -0.4 is 14.8 Å². The highest BCUT2D eigenvalue weighted by atomic mass is 16.7. The van der Waals surface area contributed by atoms with Gasteiger partial charge in [-0.2, -0.15) is 0 Å². The van der Waals surface area contributed by atoms with Crippen molar-refractivity contribution in [3.05, 3.63) is 17.7 Å². The van der Waals surface area contributed by atoms with Crippen molar-refractivity contribution < 1.29 is 14.3 Å². The van der Waals surface area contributed by atoms with E-state index in [1.165, 1.54) is 0 Å². The summed E-state index contributed by atoms with van der Waals surface area (Å²) >= 11 is 0. The van der Waals surface area contributed by atoms with Crippen LogP contribution in [0.15, 0.2) is 12.1 Å². The van der Waals surface area contributed by atoms with Gasteiger partial charge in [-0.05, 0) is 25.5 Å². The molecular formula is C11H11NO3. The maximum absolute atomic E-state index is 11.7. The van der Waals surface area contributed by atoms with Gasteiger partial charge < -0.3 is 14.8 Å². The first-order chi connectivity index (χ1) is 7.09. The highest BCUT2D eigenvalue weighted by Gasteiger charge is 2.39. The summed E-state index contributed by atoms with van der Waals surface area (Å²) < 4.78 is 10.5. The summed E-state index contributed by atoms with van der Waals surface area (Å²) in [7, 11) is 0. The number of hydrogen-bond acceptors (Lipinski definition) is 3. The molecule has 3 rings (SSSR count). The molecule has 1 aromatic rings. The molecule has 0 saturated heterocycles. The van der Waals surface area contributed by atoms with Gasteiger partial charge in [0.15, 0.2) is 11.5 Å². The van der Waals surface area contributed by atoms with Gasteiger partial charge in [0.05, 0.1) is 5.41 Å². The summed E-state index contributed by atoms with van der Waals surface area (Å²) in [5, 5.41) is 2.84. The first-order valence-corrected chi connectivity index (χ1v) is 4.84. The zero-order valence-corrected chi connectivity index (χ0v) is 8.59. The number of benzene rings is 1. The van der Waals surface area contributed by atoms with Crippen LogP contribution in [0.1, 0.15) is 19.4 Å². The SMILES string of the molecule is CC1(C)C(=O)Nc2cc3c(cc21)OCO3. The molecule has 4 heteroatoms. The van der Waals surface area contributed by atoms with Crippen molar-refractivity contribution in [2.75, 3.05) is 12.1 Å². The van der Waals surface area contributed by atoms with E-state index in [0.29, 0.717) is 5.75 Å². The third kappa shape index (κ3) is 0.988. The Morgan fingerprint density at radius 2 is 1.93 bits per heavy atom. The average molecular weight is 205 g/mol. The zero-order valence-electron chi connectivity index (χ0n) is 8.59. The maximum atomic E-state index is 11.7. The molecule has 0 aliphatic carbocycles. The Morgan fingerprint density at radius 1 is 1.27 bits per heavy atom. The van der Waals surface area contributed by atoms with Crippen LogP contribution in [-0.2, 0) is 10.2 Å². The molecule has 2 aliphatic rings. The molecule has 0 aromatic heterocycles. The van der Waals surface area contributed by atoms with Gasteiger partial charge in [0.1, 0.15) is 0 Å². The molecule has 0 radical (unpaired) electrons. The Balaban J connectivity index is 2.21. The second-order valence-electron chi connectivity index (χ2n) is 4.33. The predicted molar refractivity (Wildman–Crippen MR) is 54.2 cm³/mol. The topological polar surface area (TPSA) is 47.6 Å². The molecule has 0 unspecified atom stereocenters. The summed E-state index contributed by atoms with van der Waals surface area (Å²) in [5.74, 6) is 1.44. The van der Waals surface area contributed by atoms with Gasteiger partial charge in [-0.1, -0.05) is 0 Å². The number of nitrogens with one attached hydrogen (secondary N) is 1. The molecular weight excluding hydrogens is 194 g/mol. The first-order valence-electron chi connectivity index (χ1n) is 4.84. The highest BCUT2D eigenvalue weighted by molar-refractivity contribution is 6.06. The molecule has 1 aromatic carbocycles. The fourth-order valence-corrected chi connectivity index (χ4v) is 1.96. The lowest BCUT2D eigenvalue weighted by molar-refractivity contribution is -0.119. The lowest BCUT2D eigenvalue weighted by Crippen LogP contribution is -2.26. The van der Waals surface area contributed by atoms with E-state index in [0.717, 1.165) is 17.0 Å². The Hall–Kier alpha value is -1.71. The number of carbonyl (C=O) groups excluding carboxylic acids is 1. The summed E-state index contributed by atoms with van der Waals surface area (Å²) in [6, 6.07) is 3.71. The molecule has 0 fully saturated rings. The summed E-state index contributed by atoms with van der Waals surface area (Å²) in [6.07, 6.45) is 0. The van der Waals surface area contributed by atoms with E-state index in [1.54, 1.807) is 0 Å². The minimum Gasteiger partial charge on any atom is -0.454 e. The van der Waals surface area contributed by atoms with E-state index in [9.17, 15) is 4.79 Å². The number of rotatable bonds is 0. The fourth-order valence-electron chi connectivity index (χ4n) is 1.96. The normalized spacial score (nSPS) is 20.0. The van der Waals surface area contributed by atoms with Gasteiger partial charge in [0, 0.05) is 11.8 Å². The predicted octanol–water partition coefficient (Wildman–Crippen LogP) is 1.65. The van der Waals surface area contributed by atoms with E-state index < -0.39 is 5.41 Å². The van der Waals surface area contributed by atoms with Crippen LogP contribution >= 0.6 is 0 Å². The van der Waals surface area contributed by atoms with Gasteiger partial charge in [-0.25, -0.2) is 0 Å². The van der Waals surface area contributed by atoms with Crippen LogP contribution in [-0.4, -0.2) is 12.7 Å². The van der Waals surface area contributed by atoms with Gasteiger partial charge >= 0.3 is 0 Å². The Labute approximate surface area is 87.2 Å². The molecule has 0 bridgehead atoms. The third-order valence-corrected chi connectivity index (χ3v) is 3.00. The quantitative estimate of drug-likeness (QED) is 0.700. The molecule has 0 spiro atoms. The van der Waals surface area contributed by atoms with Crippen LogP contribution in [0.3, 0.4) is 0 Å². The third-order valence-electron chi connectivity index (χ3n) is 3.00. The largest absolute Gasteiger partial charge is 0.454 e. The second kappa shape index (κ2) is 2.45. The van der Waals surface area contributed by atoms with Crippen molar-refractivity contribution >= 4 is 11.6 Å². The van der Waals surface area contributed by atoms with E-state index >= 15 is 0 Å². The number of ether oxygens (including phenoxy) is 2. The molecule has 0 atom stereocenters. The molecule has 2 heterocycles. The average Bonchev–Trinajstić information content (AvgIpc) is 2.69. The Kier molecular flexibility index (Phi) is 1.40. The summed E-state index contributed by atoms with van der Waals surface area (Å²) in [4.78, 5) is 11.7. The van der Waals surface area contributed by atoms with E-state index in [-0.39, 0.29) is 12.7 Å². The van der Waals surface area contributed by atoms with Crippen LogP contribution in [0.25, 0.3) is 0 Å². The van der Waals surface area contributed by atoms with Crippen LogP contribution in [0.5, 0.6) is 11.5 Å². The van der Waals surface area contributed by atoms with Gasteiger partial charge in [-0.15, -0.1) is 0 Å². The van der Waals surface area contributed by atoms with E-state index in [2.05, 4.69) is 5.32 Å². The number of carbonyl (C=O) groups is 1. The van der Waals surface area contributed by atoms with E-state index in [1.807, 2.05) is 26.0 Å². The van der Waals surface area contributed by atoms with Crippen molar-refractivity contribution in [1.82, 2.24) is 0 Å². The lowest BCUT2D eigenvalue weighted by atomic mass is 9.86. The fraction of sp³-hybridized carbons (Fsp3) is 0.364. The molecule has 15 heavy (non-hydrogen) atoms. The van der Waals surface area contributed by atoms with Crippen molar-refractivity contribution in [2.24, 2.45) is 0 Å². The molecule has 0 saturated carbocycles. The minimum atomic E-state index is -0.490. The van der Waals surface area contributed by atoms with Crippen LogP contribution in [0.4, 0.5) is 5.69 Å². The molecule has 78 valence electrons. The zero-order chi connectivity index (χ0) is 10.6. The molecule has 1 N–H and O–H groups in total. The van der Waals surface area contributed by atoms with Crippen molar-refractivity contribution in [2.45, 2.75) is 19.3 Å². The van der Waals surface area contributed by atoms with Crippen molar-refractivity contribution in [1.29, 1.82) is 0 Å². The number of amides is 1. The van der Waals surface area contributed by atoms with Crippen molar-refractivity contribution in [3.8, 4) is 11.5 Å². The van der Waals surface area contributed by atoms with Gasteiger partial charge in [0.25, 0.3) is 0 Å².